The number of nitrogens with zero attached hydrogens (tertiary/aromatic N) is 1. The Hall–Kier alpha value is -1.09. The van der Waals surface area contributed by atoms with Crippen molar-refractivity contribution in [1.29, 1.82) is 0 Å². The molecule has 1 saturated carbocycles. The van der Waals surface area contributed by atoms with Crippen molar-refractivity contribution in [2.24, 2.45) is 11.8 Å². The molecule has 116 valence electrons. The smallest absolute Gasteiger partial charge is 0.123 e. The number of rotatable bonds is 3. The fourth-order valence-electron chi connectivity index (χ4n) is 4.14. The number of nitrogens with one attached hydrogen (secondary N) is 1. The Bertz CT molecular complexity index is 488. The van der Waals surface area contributed by atoms with Crippen molar-refractivity contribution < 1.29 is 4.39 Å². The average molecular weight is 290 g/mol. The summed E-state index contributed by atoms with van der Waals surface area (Å²) in [6, 6.07) is 5.46. The zero-order valence-corrected chi connectivity index (χ0v) is 13.2. The van der Waals surface area contributed by atoms with Crippen molar-refractivity contribution in [1.82, 2.24) is 5.32 Å². The first kappa shape index (κ1) is 14.8. The predicted molar refractivity (Wildman–Crippen MR) is 86.2 cm³/mol. The summed E-state index contributed by atoms with van der Waals surface area (Å²) in [6.45, 7) is 4.38. The Morgan fingerprint density at radius 3 is 2.71 bits per heavy atom. The lowest BCUT2D eigenvalue weighted by atomic mass is 9.75. The summed E-state index contributed by atoms with van der Waals surface area (Å²) >= 11 is 0. The van der Waals surface area contributed by atoms with Gasteiger partial charge in [-0.25, -0.2) is 4.39 Å². The molecule has 1 aromatic carbocycles. The Morgan fingerprint density at radius 1 is 1.19 bits per heavy atom. The van der Waals surface area contributed by atoms with Crippen molar-refractivity contribution in [2.45, 2.75) is 45.1 Å². The molecule has 3 heteroatoms. The van der Waals surface area contributed by atoms with Gasteiger partial charge in [0.2, 0.25) is 0 Å². The molecule has 0 bridgehead atoms. The van der Waals surface area contributed by atoms with Crippen molar-refractivity contribution in [2.75, 3.05) is 25.0 Å². The van der Waals surface area contributed by atoms with Gasteiger partial charge in [0, 0.05) is 24.8 Å². The van der Waals surface area contributed by atoms with E-state index in [-0.39, 0.29) is 11.9 Å². The number of anilines is 1. The molecule has 21 heavy (non-hydrogen) atoms. The van der Waals surface area contributed by atoms with Crippen LogP contribution in [0.3, 0.4) is 0 Å². The van der Waals surface area contributed by atoms with Crippen LogP contribution in [0.15, 0.2) is 18.2 Å². The summed E-state index contributed by atoms with van der Waals surface area (Å²) in [5.74, 6) is 1.64. The van der Waals surface area contributed by atoms with Gasteiger partial charge in [0.05, 0.1) is 0 Å². The first-order valence-corrected chi connectivity index (χ1v) is 8.40. The van der Waals surface area contributed by atoms with Crippen LogP contribution in [0.1, 0.15) is 50.6 Å². The second-order valence-electron chi connectivity index (χ2n) is 6.75. The van der Waals surface area contributed by atoms with Crippen LogP contribution in [0.25, 0.3) is 0 Å². The highest BCUT2D eigenvalue weighted by Crippen LogP contribution is 2.39. The van der Waals surface area contributed by atoms with Gasteiger partial charge in [-0.3, -0.25) is 0 Å². The molecule has 0 spiro atoms. The summed E-state index contributed by atoms with van der Waals surface area (Å²) in [7, 11) is 1.94. The van der Waals surface area contributed by atoms with Crippen molar-refractivity contribution in [3.63, 3.8) is 0 Å². The number of hydrogen-bond donors (Lipinski definition) is 1. The van der Waals surface area contributed by atoms with Gasteiger partial charge in [0.25, 0.3) is 0 Å². The summed E-state index contributed by atoms with van der Waals surface area (Å²) in [5.41, 5.74) is 2.31. The lowest BCUT2D eigenvalue weighted by Crippen LogP contribution is -2.42. The zero-order chi connectivity index (χ0) is 14.8. The maximum absolute atomic E-state index is 13.6. The molecule has 2 fully saturated rings. The van der Waals surface area contributed by atoms with Gasteiger partial charge in [-0.15, -0.1) is 0 Å². The van der Waals surface area contributed by atoms with Crippen molar-refractivity contribution in [3.05, 3.63) is 29.6 Å². The van der Waals surface area contributed by atoms with Crippen LogP contribution in [0.4, 0.5) is 10.1 Å². The highest BCUT2D eigenvalue weighted by atomic mass is 19.1. The third kappa shape index (κ3) is 3.08. The molecule has 3 atom stereocenters. The topological polar surface area (TPSA) is 15.3 Å². The SMILES string of the molecule is CNC(C)c1cc(F)ccc1N1CCC2CCCCC2C1. The second kappa shape index (κ2) is 6.35. The molecule has 1 N–H and O–H groups in total. The largest absolute Gasteiger partial charge is 0.371 e. The van der Waals surface area contributed by atoms with Gasteiger partial charge in [-0.1, -0.05) is 19.3 Å². The molecule has 1 aromatic rings. The molecule has 1 saturated heterocycles. The van der Waals surface area contributed by atoms with Gasteiger partial charge in [0.15, 0.2) is 0 Å². The van der Waals surface area contributed by atoms with Gasteiger partial charge >= 0.3 is 0 Å². The van der Waals surface area contributed by atoms with Crippen LogP contribution in [0.5, 0.6) is 0 Å². The van der Waals surface area contributed by atoms with E-state index in [1.54, 1.807) is 12.1 Å². The molecule has 1 aliphatic heterocycles. The van der Waals surface area contributed by atoms with Crippen molar-refractivity contribution >= 4 is 5.69 Å². The molecule has 1 heterocycles. The fraction of sp³-hybridized carbons (Fsp3) is 0.667. The molecule has 2 nitrogen and oxygen atoms in total. The van der Waals surface area contributed by atoms with Gasteiger partial charge in [-0.05, 0) is 62.4 Å². The minimum Gasteiger partial charge on any atom is -0.371 e. The minimum atomic E-state index is -0.136. The highest BCUT2D eigenvalue weighted by molar-refractivity contribution is 5.55. The molecule has 0 radical (unpaired) electrons. The number of benzene rings is 1. The van der Waals surface area contributed by atoms with E-state index < -0.39 is 0 Å². The first-order valence-electron chi connectivity index (χ1n) is 8.40. The van der Waals surface area contributed by atoms with Crippen LogP contribution in [0, 0.1) is 17.7 Å². The van der Waals surface area contributed by atoms with Crippen LogP contribution in [-0.2, 0) is 0 Å². The molecule has 0 aromatic heterocycles. The lowest BCUT2D eigenvalue weighted by Gasteiger charge is -2.43. The van der Waals surface area contributed by atoms with Crippen LogP contribution >= 0.6 is 0 Å². The number of fused-ring (bicyclic) bond motifs is 1. The van der Waals surface area contributed by atoms with Crippen LogP contribution in [-0.4, -0.2) is 20.1 Å². The van der Waals surface area contributed by atoms with E-state index in [1.165, 1.54) is 37.8 Å². The number of halogens is 1. The predicted octanol–water partition coefficient (Wildman–Crippen LogP) is 4.12. The second-order valence-corrected chi connectivity index (χ2v) is 6.75. The first-order chi connectivity index (χ1) is 10.2. The lowest BCUT2D eigenvalue weighted by molar-refractivity contribution is 0.202. The summed E-state index contributed by atoms with van der Waals surface area (Å²) in [5, 5.41) is 3.25. The van der Waals surface area contributed by atoms with Gasteiger partial charge < -0.3 is 10.2 Å². The van der Waals surface area contributed by atoms with E-state index in [2.05, 4.69) is 17.1 Å². The Morgan fingerprint density at radius 2 is 1.95 bits per heavy atom. The Labute approximate surface area is 127 Å². The third-order valence-corrected chi connectivity index (χ3v) is 5.52. The van der Waals surface area contributed by atoms with E-state index >= 15 is 0 Å². The molecule has 1 aliphatic carbocycles. The molecular formula is C18H27FN2. The number of piperidine rings is 1. The quantitative estimate of drug-likeness (QED) is 0.900. The molecule has 3 rings (SSSR count). The molecular weight excluding hydrogens is 263 g/mol. The van der Waals surface area contributed by atoms with E-state index in [9.17, 15) is 4.39 Å². The normalized spacial score (nSPS) is 27.3. The number of hydrogen-bond acceptors (Lipinski definition) is 2. The Balaban J connectivity index is 1.83. The highest BCUT2D eigenvalue weighted by Gasteiger charge is 2.32. The van der Waals surface area contributed by atoms with E-state index in [4.69, 9.17) is 0 Å². The average Bonchev–Trinajstić information content (AvgIpc) is 2.53. The molecule has 0 amide bonds. The van der Waals surface area contributed by atoms with Crippen LogP contribution in [0.2, 0.25) is 0 Å². The van der Waals surface area contributed by atoms with Crippen LogP contribution < -0.4 is 10.2 Å². The summed E-state index contributed by atoms with van der Waals surface area (Å²) < 4.78 is 13.6. The van der Waals surface area contributed by atoms with E-state index in [1.807, 2.05) is 13.1 Å². The maximum atomic E-state index is 13.6. The summed E-state index contributed by atoms with van der Waals surface area (Å²) in [4.78, 5) is 2.50. The molecule has 2 aliphatic rings. The summed E-state index contributed by atoms with van der Waals surface area (Å²) in [6.07, 6.45) is 6.90. The standard InChI is InChI=1S/C18H27FN2/c1-13(20-2)17-11-16(19)7-8-18(17)21-10-9-14-5-3-4-6-15(14)12-21/h7-8,11,13-15,20H,3-6,9-10,12H2,1-2H3. The fourth-order valence-corrected chi connectivity index (χ4v) is 4.14. The van der Waals surface area contributed by atoms with Gasteiger partial charge in [-0.2, -0.15) is 0 Å². The Kier molecular flexibility index (Phi) is 4.48. The van der Waals surface area contributed by atoms with E-state index in [0.717, 1.165) is 30.5 Å². The van der Waals surface area contributed by atoms with Crippen molar-refractivity contribution in [3.8, 4) is 0 Å². The zero-order valence-electron chi connectivity index (χ0n) is 13.2. The van der Waals surface area contributed by atoms with E-state index in [0.29, 0.717) is 0 Å². The minimum absolute atomic E-state index is 0.136. The maximum Gasteiger partial charge on any atom is 0.123 e. The third-order valence-electron chi connectivity index (χ3n) is 5.52. The van der Waals surface area contributed by atoms with Gasteiger partial charge in [0.1, 0.15) is 5.82 Å². The molecule has 3 unspecified atom stereocenters. The monoisotopic (exact) mass is 290 g/mol.